The van der Waals surface area contributed by atoms with Gasteiger partial charge in [-0.1, -0.05) is 27.8 Å². The molecule has 0 aliphatic carbocycles. The fraction of sp³-hybridized carbons (Fsp3) is 0.333. The molecule has 0 saturated carbocycles. The molecule has 37 heavy (non-hydrogen) atoms. The number of amides is 1. The Bertz CT molecular complexity index is 1500. The average Bonchev–Trinajstić information content (AvgIpc) is 3.19. The summed E-state index contributed by atoms with van der Waals surface area (Å²) in [4.78, 5) is 20.6. The van der Waals surface area contributed by atoms with E-state index in [1.54, 1.807) is 0 Å². The Hall–Kier alpha value is -3.18. The van der Waals surface area contributed by atoms with Crippen molar-refractivity contribution in [2.24, 2.45) is 12.8 Å². The van der Waals surface area contributed by atoms with E-state index in [-0.39, 0.29) is 5.91 Å². The topological polar surface area (TPSA) is 76.2 Å². The molecule has 1 amide bonds. The third-order valence-corrected chi connectivity index (χ3v) is 7.02. The van der Waals surface area contributed by atoms with Crippen LogP contribution >= 0.6 is 15.9 Å². The van der Waals surface area contributed by atoms with Crippen molar-refractivity contribution in [2.45, 2.75) is 39.8 Å². The smallest absolute Gasteiger partial charge is 0.252 e. The van der Waals surface area contributed by atoms with Crippen molar-refractivity contribution in [3.63, 3.8) is 0 Å². The summed E-state index contributed by atoms with van der Waals surface area (Å²) in [6, 6.07) is 14.8. The average molecular weight is 561 g/mol. The van der Waals surface area contributed by atoms with E-state index in [1.807, 2.05) is 37.4 Å². The highest BCUT2D eigenvalue weighted by Gasteiger charge is 2.17. The summed E-state index contributed by atoms with van der Waals surface area (Å²) in [5, 5.41) is 4.77. The first-order valence-corrected chi connectivity index (χ1v) is 13.4. The summed E-state index contributed by atoms with van der Waals surface area (Å²) in [6.07, 6.45) is 2.06. The quantitative estimate of drug-likeness (QED) is 0.300. The van der Waals surface area contributed by atoms with E-state index in [0.717, 1.165) is 43.1 Å². The molecular formula is C30H34BrN5O. The number of nitrogens with zero attached hydrogens (tertiary/aromatic N) is 3. The molecule has 7 heteroatoms. The van der Waals surface area contributed by atoms with Gasteiger partial charge in [0, 0.05) is 70.3 Å². The highest BCUT2D eigenvalue weighted by atomic mass is 79.9. The summed E-state index contributed by atoms with van der Waals surface area (Å²) < 4.78 is 3.07. The first-order chi connectivity index (χ1) is 17.7. The van der Waals surface area contributed by atoms with Crippen molar-refractivity contribution < 1.29 is 4.79 Å². The first-order valence-electron chi connectivity index (χ1n) is 12.6. The Balaban J connectivity index is 1.81. The summed E-state index contributed by atoms with van der Waals surface area (Å²) in [5.41, 5.74) is 10.6. The zero-order valence-corrected chi connectivity index (χ0v) is 23.7. The van der Waals surface area contributed by atoms with Crippen molar-refractivity contribution in [1.82, 2.24) is 19.8 Å². The maximum Gasteiger partial charge on any atom is 0.252 e. The molecule has 0 atom stereocenters. The van der Waals surface area contributed by atoms with Gasteiger partial charge in [-0.3, -0.25) is 9.69 Å². The lowest BCUT2D eigenvalue weighted by Crippen LogP contribution is -2.37. The lowest BCUT2D eigenvalue weighted by molar-refractivity contribution is 0.0956. The van der Waals surface area contributed by atoms with Crippen LogP contribution in [0.5, 0.6) is 0 Å². The predicted molar refractivity (Wildman–Crippen MR) is 157 cm³/mol. The van der Waals surface area contributed by atoms with Crippen LogP contribution in [0.2, 0.25) is 0 Å². The molecule has 3 N–H and O–H groups in total. The third kappa shape index (κ3) is 5.88. The Kier molecular flexibility index (Phi) is 8.33. The lowest BCUT2D eigenvalue weighted by Gasteiger charge is -2.28. The number of halogens is 1. The van der Waals surface area contributed by atoms with Crippen molar-refractivity contribution in [1.29, 1.82) is 0 Å². The van der Waals surface area contributed by atoms with Crippen LogP contribution in [0.3, 0.4) is 0 Å². The van der Waals surface area contributed by atoms with Crippen LogP contribution in [0.1, 0.15) is 43.6 Å². The number of hydrogen-bond donors (Lipinski definition) is 2. The van der Waals surface area contributed by atoms with Gasteiger partial charge in [-0.2, -0.15) is 0 Å². The zero-order valence-electron chi connectivity index (χ0n) is 22.1. The molecule has 0 radical (unpaired) electrons. The monoisotopic (exact) mass is 559 g/mol. The molecule has 192 valence electrons. The van der Waals surface area contributed by atoms with Gasteiger partial charge in [0.25, 0.3) is 5.91 Å². The molecule has 4 rings (SSSR count). The van der Waals surface area contributed by atoms with Crippen molar-refractivity contribution >= 4 is 43.6 Å². The van der Waals surface area contributed by atoms with Crippen molar-refractivity contribution in [3.8, 4) is 23.1 Å². The fourth-order valence-corrected chi connectivity index (χ4v) is 5.03. The minimum atomic E-state index is -0.170. The summed E-state index contributed by atoms with van der Waals surface area (Å²) in [6.45, 7) is 10.2. The van der Waals surface area contributed by atoms with Gasteiger partial charge in [0.05, 0.1) is 23.3 Å². The molecule has 2 aromatic heterocycles. The Morgan fingerprint density at radius 1 is 1.11 bits per heavy atom. The molecule has 0 bridgehead atoms. The van der Waals surface area contributed by atoms with Gasteiger partial charge in [-0.25, -0.2) is 4.98 Å². The van der Waals surface area contributed by atoms with Gasteiger partial charge in [0.15, 0.2) is 0 Å². The summed E-state index contributed by atoms with van der Waals surface area (Å²) in [7, 11) is 2.01. The Labute approximate surface area is 227 Å². The van der Waals surface area contributed by atoms with Gasteiger partial charge in [-0.05, 0) is 70.2 Å². The second kappa shape index (κ2) is 11.5. The van der Waals surface area contributed by atoms with Gasteiger partial charge in [-0.15, -0.1) is 0 Å². The second-order valence-electron chi connectivity index (χ2n) is 9.81. The molecule has 0 saturated heterocycles. The number of hydrogen-bond acceptors (Lipinski definition) is 4. The van der Waals surface area contributed by atoms with E-state index >= 15 is 0 Å². The number of pyridine rings is 1. The Morgan fingerprint density at radius 3 is 2.57 bits per heavy atom. The molecule has 0 fully saturated rings. The van der Waals surface area contributed by atoms with E-state index in [4.69, 9.17) is 10.7 Å². The predicted octanol–water partition coefficient (Wildman–Crippen LogP) is 5.31. The van der Waals surface area contributed by atoms with Gasteiger partial charge in [0.2, 0.25) is 0 Å². The van der Waals surface area contributed by atoms with Crippen LogP contribution in [0.4, 0.5) is 0 Å². The minimum Gasteiger partial charge on any atom is -0.351 e. The van der Waals surface area contributed by atoms with Crippen LogP contribution in [-0.2, 0) is 7.05 Å². The molecule has 0 unspecified atom stereocenters. The standard InChI is InChI=1S/C30H34BrN5O/c1-19(2)36(20(3)4)14-6-7-21-8-10-27-23(15-21)25(30(37)33-13-12-32)17-28(34-27)26-18-35(5)29-11-9-22(31)16-24(26)29/h8-11,15-20H,12-14,32H2,1-5H3,(H,33,37). The largest absolute Gasteiger partial charge is 0.351 e. The molecular weight excluding hydrogens is 526 g/mol. The minimum absolute atomic E-state index is 0.170. The number of fused-ring (bicyclic) bond motifs is 2. The van der Waals surface area contributed by atoms with Crippen LogP contribution in [0.25, 0.3) is 33.1 Å². The van der Waals surface area contributed by atoms with Gasteiger partial charge < -0.3 is 15.6 Å². The van der Waals surface area contributed by atoms with Gasteiger partial charge >= 0.3 is 0 Å². The van der Waals surface area contributed by atoms with Crippen molar-refractivity contribution in [2.75, 3.05) is 19.6 Å². The van der Waals surface area contributed by atoms with E-state index in [0.29, 0.717) is 37.3 Å². The van der Waals surface area contributed by atoms with Crippen molar-refractivity contribution in [3.05, 3.63) is 64.3 Å². The zero-order chi connectivity index (χ0) is 26.7. The molecule has 0 aliphatic heterocycles. The highest BCUT2D eigenvalue weighted by Crippen LogP contribution is 2.33. The number of aryl methyl sites for hydroxylation is 1. The number of rotatable bonds is 7. The number of benzene rings is 2. The van der Waals surface area contributed by atoms with Crippen LogP contribution < -0.4 is 11.1 Å². The number of nitrogens with two attached hydrogens (primary N) is 1. The van der Waals surface area contributed by atoms with E-state index in [2.05, 4.69) is 88.6 Å². The van der Waals surface area contributed by atoms with Crippen LogP contribution in [0, 0.1) is 11.8 Å². The molecule has 0 spiro atoms. The highest BCUT2D eigenvalue weighted by molar-refractivity contribution is 9.10. The lowest BCUT2D eigenvalue weighted by atomic mass is 10.0. The number of aromatic nitrogens is 2. The van der Waals surface area contributed by atoms with Crippen LogP contribution in [0.15, 0.2) is 53.1 Å². The third-order valence-electron chi connectivity index (χ3n) is 6.53. The van der Waals surface area contributed by atoms with Crippen LogP contribution in [-0.4, -0.2) is 52.1 Å². The fourth-order valence-electron chi connectivity index (χ4n) is 4.67. The van der Waals surface area contributed by atoms with E-state index in [9.17, 15) is 4.79 Å². The second-order valence-corrected chi connectivity index (χ2v) is 10.7. The van der Waals surface area contributed by atoms with E-state index in [1.165, 1.54) is 0 Å². The summed E-state index contributed by atoms with van der Waals surface area (Å²) >= 11 is 3.59. The number of carbonyl (C=O) groups excluding carboxylic acids is 1. The molecule has 6 nitrogen and oxygen atoms in total. The molecule has 0 aliphatic rings. The Morgan fingerprint density at radius 2 is 1.86 bits per heavy atom. The molecule has 4 aromatic rings. The van der Waals surface area contributed by atoms with E-state index < -0.39 is 0 Å². The SMILES string of the molecule is CC(C)N(CC#Cc1ccc2nc(-c3cn(C)c4ccc(Br)cc34)cc(C(=O)NCCN)c2c1)C(C)C. The maximum absolute atomic E-state index is 13.2. The number of carbonyl (C=O) groups is 1. The maximum atomic E-state index is 13.2. The molecule has 2 heterocycles. The van der Waals surface area contributed by atoms with Gasteiger partial charge in [0.1, 0.15) is 0 Å². The number of nitrogens with one attached hydrogen (secondary N) is 1. The molecule has 2 aromatic carbocycles. The normalized spacial score (nSPS) is 11.5. The first kappa shape index (κ1) is 26.9. The summed E-state index contributed by atoms with van der Waals surface area (Å²) in [5.74, 6) is 6.43.